The highest BCUT2D eigenvalue weighted by Gasteiger charge is 2.19. The largest absolute Gasteiger partial charge is 0.485 e. The first-order valence-electron chi connectivity index (χ1n) is 5.04. The fraction of sp³-hybridized carbons (Fsp3) is 0.455. The van der Waals surface area contributed by atoms with Gasteiger partial charge in [-0.3, -0.25) is 0 Å². The Labute approximate surface area is 99.5 Å². The van der Waals surface area contributed by atoms with E-state index in [4.69, 9.17) is 27.8 Å². The van der Waals surface area contributed by atoms with Crippen LogP contribution in [0.15, 0.2) is 6.07 Å². The van der Waals surface area contributed by atoms with Gasteiger partial charge in [0, 0.05) is 0 Å². The molecule has 90 valence electrons. The monoisotopic (exact) mass is 246 g/mol. The molecule has 0 spiro atoms. The third-order valence-corrected chi connectivity index (χ3v) is 2.85. The van der Waals surface area contributed by atoms with Gasteiger partial charge in [-0.25, -0.2) is 4.39 Å². The number of nitrogens with two attached hydrogens (primary N) is 2. The van der Waals surface area contributed by atoms with Crippen LogP contribution in [0.1, 0.15) is 20.8 Å². The van der Waals surface area contributed by atoms with Gasteiger partial charge in [0.15, 0.2) is 11.6 Å². The van der Waals surface area contributed by atoms with Crippen molar-refractivity contribution in [2.75, 3.05) is 11.5 Å². The summed E-state index contributed by atoms with van der Waals surface area (Å²) in [6.07, 6.45) is -0.156. The third-order valence-electron chi connectivity index (χ3n) is 2.46. The van der Waals surface area contributed by atoms with Crippen molar-refractivity contribution in [1.82, 2.24) is 0 Å². The van der Waals surface area contributed by atoms with Crippen LogP contribution in [-0.4, -0.2) is 6.10 Å². The van der Waals surface area contributed by atoms with Crippen molar-refractivity contribution in [3.8, 4) is 5.75 Å². The smallest absolute Gasteiger partial charge is 0.187 e. The summed E-state index contributed by atoms with van der Waals surface area (Å²) in [5.74, 6) is -0.484. The summed E-state index contributed by atoms with van der Waals surface area (Å²) in [6.45, 7) is 5.78. The van der Waals surface area contributed by atoms with E-state index in [1.807, 2.05) is 20.8 Å². The normalized spacial score (nSPS) is 12.9. The minimum absolute atomic E-state index is 0.0274. The van der Waals surface area contributed by atoms with Gasteiger partial charge in [0.25, 0.3) is 0 Å². The van der Waals surface area contributed by atoms with E-state index in [-0.39, 0.29) is 34.2 Å². The quantitative estimate of drug-likeness (QED) is 0.806. The average Bonchev–Trinajstić information content (AvgIpc) is 2.20. The Kier molecular flexibility index (Phi) is 3.86. The van der Waals surface area contributed by atoms with Crippen LogP contribution in [0.4, 0.5) is 15.8 Å². The maximum absolute atomic E-state index is 13.7. The van der Waals surface area contributed by atoms with Gasteiger partial charge >= 0.3 is 0 Å². The van der Waals surface area contributed by atoms with Crippen LogP contribution in [0.3, 0.4) is 0 Å². The molecule has 0 heterocycles. The molecule has 0 saturated heterocycles. The second-order valence-electron chi connectivity index (χ2n) is 4.08. The van der Waals surface area contributed by atoms with Gasteiger partial charge in [0.05, 0.1) is 17.5 Å². The highest BCUT2D eigenvalue weighted by Crippen LogP contribution is 2.36. The zero-order valence-electron chi connectivity index (χ0n) is 9.55. The van der Waals surface area contributed by atoms with E-state index in [9.17, 15) is 4.39 Å². The van der Waals surface area contributed by atoms with Crippen LogP contribution in [0.25, 0.3) is 0 Å². The molecule has 0 radical (unpaired) electrons. The Hall–Kier alpha value is -1.16. The molecule has 1 rings (SSSR count). The molecule has 1 aromatic carbocycles. The fourth-order valence-electron chi connectivity index (χ4n) is 1.09. The number of hydrogen-bond donors (Lipinski definition) is 2. The SMILES string of the molecule is CC(C)C(C)Oc1c(N)cc(N)c(Cl)c1F. The van der Waals surface area contributed by atoms with Gasteiger partial charge in [-0.1, -0.05) is 25.4 Å². The lowest BCUT2D eigenvalue weighted by atomic mass is 10.1. The summed E-state index contributed by atoms with van der Waals surface area (Å²) < 4.78 is 19.2. The molecule has 0 bridgehead atoms. The number of hydrogen-bond acceptors (Lipinski definition) is 3. The number of halogens is 2. The van der Waals surface area contributed by atoms with E-state index in [0.29, 0.717) is 0 Å². The van der Waals surface area contributed by atoms with Crippen LogP contribution in [0, 0.1) is 11.7 Å². The van der Waals surface area contributed by atoms with Crippen molar-refractivity contribution < 1.29 is 9.13 Å². The Balaban J connectivity index is 3.10. The van der Waals surface area contributed by atoms with E-state index in [1.54, 1.807) is 0 Å². The van der Waals surface area contributed by atoms with E-state index in [1.165, 1.54) is 6.07 Å². The molecule has 0 aliphatic rings. The Morgan fingerprint density at radius 3 is 2.31 bits per heavy atom. The molecule has 1 aromatic rings. The lowest BCUT2D eigenvalue weighted by Crippen LogP contribution is -2.20. The van der Waals surface area contributed by atoms with Crippen LogP contribution in [0.5, 0.6) is 5.75 Å². The number of ether oxygens (including phenoxy) is 1. The summed E-state index contributed by atoms with van der Waals surface area (Å²) in [5, 5.41) is -0.153. The molecule has 16 heavy (non-hydrogen) atoms. The highest BCUT2D eigenvalue weighted by molar-refractivity contribution is 6.33. The molecule has 0 aliphatic heterocycles. The van der Waals surface area contributed by atoms with Gasteiger partial charge in [0.2, 0.25) is 0 Å². The zero-order valence-corrected chi connectivity index (χ0v) is 10.3. The second kappa shape index (κ2) is 4.78. The van der Waals surface area contributed by atoms with E-state index < -0.39 is 5.82 Å². The predicted molar refractivity (Wildman–Crippen MR) is 65.2 cm³/mol. The van der Waals surface area contributed by atoms with Gasteiger partial charge in [-0.15, -0.1) is 0 Å². The van der Waals surface area contributed by atoms with Crippen molar-refractivity contribution in [2.24, 2.45) is 5.92 Å². The fourth-order valence-corrected chi connectivity index (χ4v) is 1.23. The summed E-state index contributed by atoms with van der Waals surface area (Å²) in [4.78, 5) is 0. The second-order valence-corrected chi connectivity index (χ2v) is 4.46. The lowest BCUT2D eigenvalue weighted by Gasteiger charge is -2.20. The Morgan fingerprint density at radius 2 is 1.81 bits per heavy atom. The summed E-state index contributed by atoms with van der Waals surface area (Å²) in [6, 6.07) is 1.40. The molecule has 0 fully saturated rings. The topological polar surface area (TPSA) is 61.3 Å². The van der Waals surface area contributed by atoms with Crippen molar-refractivity contribution in [3.63, 3.8) is 0 Å². The molecule has 1 atom stereocenters. The van der Waals surface area contributed by atoms with Crippen molar-refractivity contribution in [2.45, 2.75) is 26.9 Å². The molecule has 0 saturated carbocycles. The van der Waals surface area contributed by atoms with E-state index >= 15 is 0 Å². The van der Waals surface area contributed by atoms with Gasteiger partial charge in [-0.2, -0.15) is 0 Å². The predicted octanol–water partition coefficient (Wildman–Crippen LogP) is 3.07. The lowest BCUT2D eigenvalue weighted by molar-refractivity contribution is 0.164. The maximum Gasteiger partial charge on any atom is 0.187 e. The molecular formula is C11H16ClFN2O. The van der Waals surface area contributed by atoms with Gasteiger partial charge in [-0.05, 0) is 18.9 Å². The molecular weight excluding hydrogens is 231 g/mol. The minimum Gasteiger partial charge on any atom is -0.485 e. The maximum atomic E-state index is 13.7. The van der Waals surface area contributed by atoms with Crippen LogP contribution < -0.4 is 16.2 Å². The molecule has 3 nitrogen and oxygen atoms in total. The van der Waals surface area contributed by atoms with Crippen LogP contribution >= 0.6 is 11.6 Å². The summed E-state index contributed by atoms with van der Waals surface area (Å²) in [5.41, 5.74) is 11.4. The van der Waals surface area contributed by atoms with Gasteiger partial charge < -0.3 is 16.2 Å². The molecule has 1 unspecified atom stereocenters. The molecule has 0 aliphatic carbocycles. The summed E-state index contributed by atoms with van der Waals surface area (Å²) >= 11 is 5.68. The minimum atomic E-state index is -0.702. The Bertz CT molecular complexity index is 396. The van der Waals surface area contributed by atoms with Crippen LogP contribution in [-0.2, 0) is 0 Å². The first-order valence-corrected chi connectivity index (χ1v) is 5.42. The first-order chi connectivity index (χ1) is 7.34. The molecule has 5 heteroatoms. The number of anilines is 2. The number of nitrogen functional groups attached to an aromatic ring is 2. The number of benzene rings is 1. The van der Waals surface area contributed by atoms with Gasteiger partial charge in [0.1, 0.15) is 5.02 Å². The van der Waals surface area contributed by atoms with E-state index in [0.717, 1.165) is 0 Å². The molecule has 0 aromatic heterocycles. The van der Waals surface area contributed by atoms with E-state index in [2.05, 4.69) is 0 Å². The van der Waals surface area contributed by atoms with Crippen molar-refractivity contribution in [3.05, 3.63) is 16.9 Å². The number of rotatable bonds is 3. The van der Waals surface area contributed by atoms with Crippen molar-refractivity contribution >= 4 is 23.0 Å². The molecule has 4 N–H and O–H groups in total. The molecule has 0 amide bonds. The average molecular weight is 247 g/mol. The van der Waals surface area contributed by atoms with Crippen molar-refractivity contribution in [1.29, 1.82) is 0 Å². The highest BCUT2D eigenvalue weighted by atomic mass is 35.5. The standard InChI is InChI=1S/C11H16ClFN2O/c1-5(2)6(3)16-11-8(15)4-7(14)9(12)10(11)13/h4-6H,14-15H2,1-3H3. The third kappa shape index (κ3) is 2.50. The first kappa shape index (κ1) is 12.9. The Morgan fingerprint density at radius 1 is 1.25 bits per heavy atom. The summed E-state index contributed by atoms with van der Waals surface area (Å²) in [7, 11) is 0. The van der Waals surface area contributed by atoms with Crippen LogP contribution in [0.2, 0.25) is 5.02 Å². The zero-order chi connectivity index (χ0) is 12.5.